The maximum atomic E-state index is 5.55. The predicted molar refractivity (Wildman–Crippen MR) is 70.2 cm³/mol. The van der Waals surface area contributed by atoms with E-state index in [4.69, 9.17) is 4.74 Å². The average Bonchev–Trinajstić information content (AvgIpc) is 2.31. The molecule has 0 bridgehead atoms. The normalized spacial score (nSPS) is 10.1. The maximum Gasteiger partial charge on any atom is 0.142 e. The Balaban J connectivity index is 2.34. The molecule has 0 atom stereocenters. The quantitative estimate of drug-likeness (QED) is 0.668. The smallest absolute Gasteiger partial charge is 0.142 e. The number of nitrogens with one attached hydrogen (secondary N) is 1. The molecular formula is C14H23NO. The fraction of sp³-hybridized carbons (Fsp3) is 0.571. The fourth-order valence-corrected chi connectivity index (χ4v) is 1.67. The first-order valence-electron chi connectivity index (χ1n) is 6.34. The second-order valence-electron chi connectivity index (χ2n) is 3.92. The van der Waals surface area contributed by atoms with Gasteiger partial charge in [-0.05, 0) is 25.5 Å². The predicted octanol–water partition coefficient (Wildman–Crippen LogP) is 4.08. The lowest BCUT2D eigenvalue weighted by Gasteiger charge is -2.11. The van der Waals surface area contributed by atoms with Crippen molar-refractivity contribution in [2.75, 3.05) is 18.5 Å². The van der Waals surface area contributed by atoms with E-state index in [0.29, 0.717) is 6.61 Å². The van der Waals surface area contributed by atoms with Gasteiger partial charge < -0.3 is 10.1 Å². The van der Waals surface area contributed by atoms with Crippen LogP contribution in [0, 0.1) is 0 Å². The van der Waals surface area contributed by atoms with Crippen LogP contribution in [-0.4, -0.2) is 13.2 Å². The Morgan fingerprint density at radius 2 is 1.88 bits per heavy atom. The van der Waals surface area contributed by atoms with Crippen LogP contribution in [0.2, 0.25) is 0 Å². The highest BCUT2D eigenvalue weighted by Crippen LogP contribution is 2.23. The van der Waals surface area contributed by atoms with Crippen molar-refractivity contribution in [3.05, 3.63) is 24.3 Å². The van der Waals surface area contributed by atoms with Crippen LogP contribution in [-0.2, 0) is 0 Å². The number of anilines is 1. The molecule has 0 unspecified atom stereocenters. The van der Waals surface area contributed by atoms with Crippen molar-refractivity contribution in [1.82, 2.24) is 0 Å². The third kappa shape index (κ3) is 4.56. The van der Waals surface area contributed by atoms with E-state index in [0.717, 1.165) is 18.0 Å². The lowest BCUT2D eigenvalue weighted by molar-refractivity contribution is 0.341. The molecule has 0 saturated carbocycles. The minimum atomic E-state index is 0.717. The average molecular weight is 221 g/mol. The molecule has 1 N–H and O–H groups in total. The molecule has 0 aliphatic carbocycles. The summed E-state index contributed by atoms with van der Waals surface area (Å²) in [6.07, 6.45) is 5.15. The van der Waals surface area contributed by atoms with Crippen molar-refractivity contribution in [3.63, 3.8) is 0 Å². The van der Waals surface area contributed by atoms with Gasteiger partial charge in [-0.25, -0.2) is 0 Å². The summed E-state index contributed by atoms with van der Waals surface area (Å²) < 4.78 is 5.55. The largest absolute Gasteiger partial charge is 0.492 e. The van der Waals surface area contributed by atoms with Gasteiger partial charge in [-0.15, -0.1) is 0 Å². The molecule has 0 amide bonds. The summed E-state index contributed by atoms with van der Waals surface area (Å²) in [4.78, 5) is 0. The first-order valence-corrected chi connectivity index (χ1v) is 6.34. The maximum absolute atomic E-state index is 5.55. The van der Waals surface area contributed by atoms with Crippen molar-refractivity contribution in [2.24, 2.45) is 0 Å². The van der Waals surface area contributed by atoms with Gasteiger partial charge in [-0.2, -0.15) is 0 Å². The van der Waals surface area contributed by atoms with Crippen LogP contribution < -0.4 is 10.1 Å². The summed E-state index contributed by atoms with van der Waals surface area (Å²) in [6, 6.07) is 8.13. The number of unbranched alkanes of at least 4 members (excludes halogenated alkanes) is 3. The number of para-hydroxylation sites is 2. The molecule has 2 nitrogen and oxygen atoms in total. The molecule has 16 heavy (non-hydrogen) atoms. The van der Waals surface area contributed by atoms with Gasteiger partial charge in [0, 0.05) is 6.54 Å². The summed E-state index contributed by atoms with van der Waals surface area (Å²) in [5.41, 5.74) is 1.11. The Labute approximate surface area is 99.0 Å². The van der Waals surface area contributed by atoms with Crippen LogP contribution in [0.15, 0.2) is 24.3 Å². The van der Waals surface area contributed by atoms with Gasteiger partial charge >= 0.3 is 0 Å². The van der Waals surface area contributed by atoms with E-state index in [1.54, 1.807) is 0 Å². The van der Waals surface area contributed by atoms with Gasteiger partial charge in [-0.3, -0.25) is 0 Å². The number of rotatable bonds is 8. The molecule has 1 aromatic carbocycles. The van der Waals surface area contributed by atoms with E-state index in [1.165, 1.54) is 25.7 Å². The van der Waals surface area contributed by atoms with Gasteiger partial charge in [0.15, 0.2) is 0 Å². The van der Waals surface area contributed by atoms with Crippen molar-refractivity contribution in [3.8, 4) is 5.75 Å². The first-order chi connectivity index (χ1) is 7.88. The van der Waals surface area contributed by atoms with Gasteiger partial charge in [0.1, 0.15) is 5.75 Å². The molecule has 1 rings (SSSR count). The lowest BCUT2D eigenvalue weighted by Crippen LogP contribution is -2.04. The zero-order valence-corrected chi connectivity index (χ0v) is 10.5. The van der Waals surface area contributed by atoms with E-state index < -0.39 is 0 Å². The highest BCUT2D eigenvalue weighted by molar-refractivity contribution is 5.56. The molecule has 0 saturated heterocycles. The van der Waals surface area contributed by atoms with E-state index in [2.05, 4.69) is 18.3 Å². The van der Waals surface area contributed by atoms with Crippen molar-refractivity contribution in [1.29, 1.82) is 0 Å². The fourth-order valence-electron chi connectivity index (χ4n) is 1.67. The molecule has 0 spiro atoms. The van der Waals surface area contributed by atoms with Gasteiger partial charge in [0.05, 0.1) is 12.3 Å². The molecule has 0 fully saturated rings. The van der Waals surface area contributed by atoms with Gasteiger partial charge in [0.2, 0.25) is 0 Å². The Hall–Kier alpha value is -1.18. The number of ether oxygens (including phenoxy) is 1. The summed E-state index contributed by atoms with van der Waals surface area (Å²) in [6.45, 7) is 5.99. The molecular weight excluding hydrogens is 198 g/mol. The van der Waals surface area contributed by atoms with Crippen LogP contribution in [0.25, 0.3) is 0 Å². The summed E-state index contributed by atoms with van der Waals surface area (Å²) in [7, 11) is 0. The standard InChI is InChI=1S/C14H23NO/c1-3-5-6-9-12-15-13-10-7-8-11-14(13)16-4-2/h7-8,10-11,15H,3-6,9,12H2,1-2H3. The lowest BCUT2D eigenvalue weighted by atomic mass is 10.2. The van der Waals surface area contributed by atoms with Crippen LogP contribution in [0.5, 0.6) is 5.75 Å². The van der Waals surface area contributed by atoms with Gasteiger partial charge in [-0.1, -0.05) is 38.3 Å². The topological polar surface area (TPSA) is 21.3 Å². The highest BCUT2D eigenvalue weighted by Gasteiger charge is 2.00. The zero-order chi connectivity index (χ0) is 11.6. The molecule has 2 heteroatoms. The third-order valence-corrected chi connectivity index (χ3v) is 2.53. The molecule has 90 valence electrons. The molecule has 0 aromatic heterocycles. The Bertz CT molecular complexity index is 286. The van der Waals surface area contributed by atoms with E-state index >= 15 is 0 Å². The Kier molecular flexibility index (Phi) is 6.47. The molecule has 0 aliphatic heterocycles. The SMILES string of the molecule is CCCCCCNc1ccccc1OCC. The van der Waals surface area contributed by atoms with Crippen molar-refractivity contribution in [2.45, 2.75) is 39.5 Å². The second kappa shape index (κ2) is 8.03. The minimum Gasteiger partial charge on any atom is -0.492 e. The van der Waals surface area contributed by atoms with Crippen molar-refractivity contribution < 1.29 is 4.74 Å². The van der Waals surface area contributed by atoms with E-state index in [-0.39, 0.29) is 0 Å². The Morgan fingerprint density at radius 1 is 1.06 bits per heavy atom. The monoisotopic (exact) mass is 221 g/mol. The summed E-state index contributed by atoms with van der Waals surface area (Å²) in [5, 5.41) is 3.43. The summed E-state index contributed by atoms with van der Waals surface area (Å²) >= 11 is 0. The highest BCUT2D eigenvalue weighted by atomic mass is 16.5. The molecule has 1 aromatic rings. The first kappa shape index (κ1) is 12.9. The van der Waals surface area contributed by atoms with Crippen LogP contribution >= 0.6 is 0 Å². The van der Waals surface area contributed by atoms with Crippen LogP contribution in [0.3, 0.4) is 0 Å². The second-order valence-corrected chi connectivity index (χ2v) is 3.92. The molecule has 0 radical (unpaired) electrons. The van der Waals surface area contributed by atoms with E-state index in [9.17, 15) is 0 Å². The van der Waals surface area contributed by atoms with E-state index in [1.807, 2.05) is 25.1 Å². The Morgan fingerprint density at radius 3 is 2.62 bits per heavy atom. The molecule has 0 heterocycles. The summed E-state index contributed by atoms with van der Waals surface area (Å²) in [5.74, 6) is 0.959. The third-order valence-electron chi connectivity index (χ3n) is 2.53. The van der Waals surface area contributed by atoms with Gasteiger partial charge in [0.25, 0.3) is 0 Å². The van der Waals surface area contributed by atoms with Crippen LogP contribution in [0.1, 0.15) is 39.5 Å². The number of hydrogen-bond donors (Lipinski definition) is 1. The van der Waals surface area contributed by atoms with Crippen LogP contribution in [0.4, 0.5) is 5.69 Å². The number of hydrogen-bond acceptors (Lipinski definition) is 2. The van der Waals surface area contributed by atoms with Crippen molar-refractivity contribution >= 4 is 5.69 Å². The minimum absolute atomic E-state index is 0.717. The number of benzene rings is 1. The molecule has 0 aliphatic rings. The zero-order valence-electron chi connectivity index (χ0n) is 10.5.